The summed E-state index contributed by atoms with van der Waals surface area (Å²) in [4.78, 5) is 47.9. The average molecular weight is 545 g/mol. The van der Waals surface area contributed by atoms with Crippen LogP contribution in [0.4, 0.5) is 14.9 Å². The molecule has 0 aliphatic carbocycles. The summed E-state index contributed by atoms with van der Waals surface area (Å²) in [5, 5.41) is 3.86. The highest BCUT2D eigenvalue weighted by molar-refractivity contribution is 6.24. The van der Waals surface area contributed by atoms with Gasteiger partial charge in [0.1, 0.15) is 17.9 Å². The maximum Gasteiger partial charge on any atom is 0.332 e. The van der Waals surface area contributed by atoms with Crippen molar-refractivity contribution in [1.29, 1.82) is 0 Å². The standard InChI is InChI=1S/C33H25FN4O3/c34-22-16-14-20(15-17-22)19-35-31(39)24-11-5-7-13-27(24)38-32(40)28-18-25-23-10-4-6-12-26(23)36-29(25)30(37(28)33(38)41)21-8-2-1-3-9-21/h1-17,28,30,36H,18-19H2,(H,35,39). The third-order valence-corrected chi connectivity index (χ3v) is 7.92. The largest absolute Gasteiger partial charge is 0.356 e. The molecule has 0 saturated carbocycles. The smallest absolute Gasteiger partial charge is 0.332 e. The molecular weight excluding hydrogens is 519 g/mol. The van der Waals surface area contributed by atoms with Crippen LogP contribution in [-0.4, -0.2) is 33.8 Å². The van der Waals surface area contributed by atoms with Gasteiger partial charge >= 0.3 is 6.03 Å². The molecule has 1 fully saturated rings. The number of para-hydroxylation sites is 2. The van der Waals surface area contributed by atoms with Crippen molar-refractivity contribution in [3.63, 3.8) is 0 Å². The molecule has 2 N–H and O–H groups in total. The number of anilines is 1. The van der Waals surface area contributed by atoms with Gasteiger partial charge < -0.3 is 10.3 Å². The highest BCUT2D eigenvalue weighted by Gasteiger charge is 2.53. The molecule has 5 aromatic rings. The summed E-state index contributed by atoms with van der Waals surface area (Å²) in [6, 6.07) is 28.4. The van der Waals surface area contributed by atoms with Crippen LogP contribution in [0.15, 0.2) is 103 Å². The van der Waals surface area contributed by atoms with Crippen LogP contribution in [-0.2, 0) is 17.8 Å². The number of imide groups is 1. The van der Waals surface area contributed by atoms with Crippen LogP contribution < -0.4 is 10.2 Å². The Morgan fingerprint density at radius 2 is 1.59 bits per heavy atom. The number of amides is 4. The molecule has 8 heteroatoms. The van der Waals surface area contributed by atoms with E-state index in [-0.39, 0.29) is 29.5 Å². The second-order valence-corrected chi connectivity index (χ2v) is 10.3. The highest BCUT2D eigenvalue weighted by Crippen LogP contribution is 2.45. The lowest BCUT2D eigenvalue weighted by atomic mass is 9.89. The molecule has 4 aromatic carbocycles. The molecule has 1 aromatic heterocycles. The minimum Gasteiger partial charge on any atom is -0.356 e. The molecule has 2 aliphatic rings. The van der Waals surface area contributed by atoms with Crippen LogP contribution in [0.3, 0.4) is 0 Å². The number of aromatic nitrogens is 1. The van der Waals surface area contributed by atoms with Gasteiger partial charge in [-0.25, -0.2) is 14.1 Å². The minimum atomic E-state index is -0.727. The van der Waals surface area contributed by atoms with Gasteiger partial charge in [0, 0.05) is 29.6 Å². The summed E-state index contributed by atoms with van der Waals surface area (Å²) in [6.45, 7) is 0.169. The summed E-state index contributed by atoms with van der Waals surface area (Å²) in [7, 11) is 0. The van der Waals surface area contributed by atoms with Crippen molar-refractivity contribution in [2.24, 2.45) is 0 Å². The Bertz CT molecular complexity index is 1820. The number of hydrogen-bond donors (Lipinski definition) is 2. The van der Waals surface area contributed by atoms with Crippen LogP contribution >= 0.6 is 0 Å². The zero-order chi connectivity index (χ0) is 28.1. The van der Waals surface area contributed by atoms with Crippen molar-refractivity contribution >= 4 is 34.4 Å². The predicted octanol–water partition coefficient (Wildman–Crippen LogP) is 5.72. The number of carbonyl (C=O) groups excluding carboxylic acids is 3. The summed E-state index contributed by atoms with van der Waals surface area (Å²) in [6.07, 6.45) is 0.364. The lowest BCUT2D eigenvalue weighted by Crippen LogP contribution is -2.44. The van der Waals surface area contributed by atoms with Gasteiger partial charge in [0.05, 0.1) is 11.3 Å². The van der Waals surface area contributed by atoms with E-state index in [4.69, 9.17) is 0 Å². The number of urea groups is 1. The van der Waals surface area contributed by atoms with Gasteiger partial charge in [0.2, 0.25) is 0 Å². The van der Waals surface area contributed by atoms with Gasteiger partial charge in [-0.15, -0.1) is 0 Å². The second kappa shape index (κ2) is 9.75. The first kappa shape index (κ1) is 24.8. The Morgan fingerprint density at radius 1 is 0.878 bits per heavy atom. The molecule has 202 valence electrons. The molecule has 1 saturated heterocycles. The molecular formula is C33H25FN4O3. The van der Waals surface area contributed by atoms with Crippen molar-refractivity contribution in [2.45, 2.75) is 25.0 Å². The van der Waals surface area contributed by atoms with Crippen molar-refractivity contribution in [3.8, 4) is 0 Å². The lowest BCUT2D eigenvalue weighted by molar-refractivity contribution is -0.120. The Hall–Kier alpha value is -5.24. The van der Waals surface area contributed by atoms with E-state index in [1.165, 1.54) is 12.1 Å². The molecule has 0 bridgehead atoms. The molecule has 7 nitrogen and oxygen atoms in total. The molecule has 4 amide bonds. The number of benzene rings is 4. The van der Waals surface area contributed by atoms with E-state index < -0.39 is 24.0 Å². The highest BCUT2D eigenvalue weighted by atomic mass is 19.1. The van der Waals surface area contributed by atoms with Crippen LogP contribution in [0.5, 0.6) is 0 Å². The number of aromatic amines is 1. The van der Waals surface area contributed by atoms with Crippen molar-refractivity contribution in [2.75, 3.05) is 4.90 Å². The van der Waals surface area contributed by atoms with E-state index in [0.717, 1.165) is 38.2 Å². The van der Waals surface area contributed by atoms with E-state index in [2.05, 4.69) is 10.3 Å². The predicted molar refractivity (Wildman–Crippen MR) is 153 cm³/mol. The first-order valence-electron chi connectivity index (χ1n) is 13.4. The Balaban J connectivity index is 1.26. The van der Waals surface area contributed by atoms with Gasteiger partial charge in [-0.3, -0.25) is 14.5 Å². The summed E-state index contributed by atoms with van der Waals surface area (Å²) < 4.78 is 13.3. The van der Waals surface area contributed by atoms with Gasteiger partial charge in [0.25, 0.3) is 11.8 Å². The lowest BCUT2D eigenvalue weighted by Gasteiger charge is -2.36. The number of hydrogen-bond acceptors (Lipinski definition) is 3. The number of H-pyrrole nitrogens is 1. The maximum atomic E-state index is 14.2. The monoisotopic (exact) mass is 544 g/mol. The molecule has 2 unspecified atom stereocenters. The van der Waals surface area contributed by atoms with E-state index >= 15 is 0 Å². The van der Waals surface area contributed by atoms with Crippen molar-refractivity contribution in [3.05, 3.63) is 137 Å². The van der Waals surface area contributed by atoms with Crippen LogP contribution in [0.2, 0.25) is 0 Å². The Labute approximate surface area is 235 Å². The van der Waals surface area contributed by atoms with E-state index in [1.807, 2.05) is 54.6 Å². The average Bonchev–Trinajstić information content (AvgIpc) is 3.50. The molecule has 0 spiro atoms. The van der Waals surface area contributed by atoms with Crippen LogP contribution in [0.1, 0.15) is 38.8 Å². The summed E-state index contributed by atoms with van der Waals surface area (Å²) in [5.41, 5.74) is 4.91. The minimum absolute atomic E-state index is 0.169. The Kier molecular flexibility index (Phi) is 5.89. The van der Waals surface area contributed by atoms with Gasteiger partial charge in [-0.2, -0.15) is 0 Å². The van der Waals surface area contributed by atoms with Crippen LogP contribution in [0.25, 0.3) is 10.9 Å². The SMILES string of the molecule is O=C(NCc1ccc(F)cc1)c1ccccc1N1C(=O)C2Cc3c([nH]c4ccccc34)C(c3ccccc3)N2C1=O. The number of rotatable bonds is 5. The van der Waals surface area contributed by atoms with E-state index in [9.17, 15) is 18.8 Å². The third kappa shape index (κ3) is 4.07. The van der Waals surface area contributed by atoms with Gasteiger partial charge in [0.15, 0.2) is 0 Å². The molecule has 2 atom stereocenters. The third-order valence-electron chi connectivity index (χ3n) is 7.92. The van der Waals surface area contributed by atoms with Crippen molar-refractivity contribution in [1.82, 2.24) is 15.2 Å². The van der Waals surface area contributed by atoms with Crippen LogP contribution in [0, 0.1) is 5.82 Å². The first-order valence-corrected chi connectivity index (χ1v) is 13.4. The summed E-state index contributed by atoms with van der Waals surface area (Å²) >= 11 is 0. The van der Waals surface area contributed by atoms with E-state index in [1.54, 1.807) is 41.3 Å². The Morgan fingerprint density at radius 3 is 2.39 bits per heavy atom. The maximum absolute atomic E-state index is 14.2. The molecule has 41 heavy (non-hydrogen) atoms. The zero-order valence-electron chi connectivity index (χ0n) is 21.9. The number of nitrogens with zero attached hydrogens (tertiary/aromatic N) is 2. The first-order chi connectivity index (χ1) is 20.0. The molecule has 3 heterocycles. The topological polar surface area (TPSA) is 85.5 Å². The fourth-order valence-corrected chi connectivity index (χ4v) is 6.02. The van der Waals surface area contributed by atoms with Gasteiger partial charge in [-0.05, 0) is 47.0 Å². The quantitative estimate of drug-likeness (QED) is 0.278. The normalized spacial score (nSPS) is 18.0. The summed E-state index contributed by atoms with van der Waals surface area (Å²) in [5.74, 6) is -1.17. The van der Waals surface area contributed by atoms with Gasteiger partial charge in [-0.1, -0.05) is 72.8 Å². The fourth-order valence-electron chi connectivity index (χ4n) is 6.02. The second-order valence-electron chi connectivity index (χ2n) is 10.3. The zero-order valence-corrected chi connectivity index (χ0v) is 21.9. The van der Waals surface area contributed by atoms with E-state index in [0.29, 0.717) is 6.42 Å². The number of nitrogens with one attached hydrogen (secondary N) is 2. The number of carbonyl (C=O) groups is 3. The number of fused-ring (bicyclic) bond motifs is 4. The van der Waals surface area contributed by atoms with Crippen molar-refractivity contribution < 1.29 is 18.8 Å². The molecule has 2 aliphatic heterocycles. The molecule has 7 rings (SSSR count). The molecule has 0 radical (unpaired) electrons. The number of halogens is 1. The fraction of sp³-hybridized carbons (Fsp3) is 0.121.